The largest absolute Gasteiger partial charge is 0.497 e. The van der Waals surface area contributed by atoms with Gasteiger partial charge in [-0.1, -0.05) is 0 Å². The first kappa shape index (κ1) is 22.8. The molecule has 0 bridgehead atoms. The van der Waals surface area contributed by atoms with E-state index < -0.39 is 17.7 Å². The molecule has 1 aliphatic rings. The Balaban J connectivity index is 2.16. The lowest BCUT2D eigenvalue weighted by molar-refractivity contribution is -0.896. The number of methoxy groups -OCH3 is 2. The molecule has 1 heterocycles. The SMILES string of the molecule is CC[NH+](CC)CCCN=CC1C(=O)NC(=S)N(c2cc(OC)ccc2OC)C1=O. The molecule has 1 aliphatic heterocycles. The Morgan fingerprint density at radius 3 is 2.59 bits per heavy atom. The van der Waals surface area contributed by atoms with E-state index in [-0.39, 0.29) is 5.11 Å². The van der Waals surface area contributed by atoms with Gasteiger partial charge in [-0.2, -0.15) is 0 Å². The predicted octanol–water partition coefficient (Wildman–Crippen LogP) is 0.453. The molecule has 2 amide bonds. The zero-order valence-electron chi connectivity index (χ0n) is 17.4. The molecule has 0 saturated carbocycles. The number of anilines is 1. The first-order valence-corrected chi connectivity index (χ1v) is 10.1. The third-order valence-corrected chi connectivity index (χ3v) is 5.19. The van der Waals surface area contributed by atoms with Crippen LogP contribution in [0.1, 0.15) is 20.3 Å². The summed E-state index contributed by atoms with van der Waals surface area (Å²) in [5.41, 5.74) is 0.408. The number of rotatable bonds is 10. The molecule has 0 spiro atoms. The third-order valence-electron chi connectivity index (χ3n) is 4.90. The van der Waals surface area contributed by atoms with Gasteiger partial charge in [0.15, 0.2) is 11.0 Å². The van der Waals surface area contributed by atoms with Crippen molar-refractivity contribution >= 4 is 41.0 Å². The molecule has 2 rings (SSSR count). The number of benzene rings is 1. The lowest BCUT2D eigenvalue weighted by Gasteiger charge is -2.31. The van der Waals surface area contributed by atoms with Crippen LogP contribution in [-0.4, -0.2) is 63.5 Å². The minimum atomic E-state index is -1.04. The van der Waals surface area contributed by atoms with Gasteiger partial charge in [-0.3, -0.25) is 19.5 Å². The molecular weight excluding hydrogens is 392 g/mol. The van der Waals surface area contributed by atoms with Gasteiger partial charge in [0.25, 0.3) is 5.91 Å². The molecular formula is C20H29N4O4S+. The summed E-state index contributed by atoms with van der Waals surface area (Å²) in [6.07, 6.45) is 2.30. The van der Waals surface area contributed by atoms with Crippen molar-refractivity contribution in [3.63, 3.8) is 0 Å². The van der Waals surface area contributed by atoms with Gasteiger partial charge in [-0.15, -0.1) is 0 Å². The molecule has 0 radical (unpaired) electrons. The van der Waals surface area contributed by atoms with Crippen molar-refractivity contribution in [1.29, 1.82) is 0 Å². The summed E-state index contributed by atoms with van der Waals surface area (Å²) < 4.78 is 10.6. The molecule has 1 atom stereocenters. The summed E-state index contributed by atoms with van der Waals surface area (Å²) in [6.45, 7) is 8.01. The summed E-state index contributed by atoms with van der Waals surface area (Å²) in [6, 6.07) is 5.04. The van der Waals surface area contributed by atoms with Gasteiger partial charge >= 0.3 is 0 Å². The van der Waals surface area contributed by atoms with Gasteiger partial charge in [-0.25, -0.2) is 0 Å². The highest BCUT2D eigenvalue weighted by atomic mass is 32.1. The van der Waals surface area contributed by atoms with Crippen LogP contribution in [0.4, 0.5) is 5.69 Å². The number of hydrogen-bond acceptors (Lipinski definition) is 6. The van der Waals surface area contributed by atoms with Crippen LogP contribution >= 0.6 is 12.2 Å². The smallest absolute Gasteiger partial charge is 0.251 e. The molecule has 29 heavy (non-hydrogen) atoms. The van der Waals surface area contributed by atoms with Crippen LogP contribution < -0.4 is 24.6 Å². The topological polar surface area (TPSA) is 84.7 Å². The molecule has 2 N–H and O–H groups in total. The highest BCUT2D eigenvalue weighted by Gasteiger charge is 2.39. The van der Waals surface area contributed by atoms with E-state index >= 15 is 0 Å². The van der Waals surface area contributed by atoms with Gasteiger partial charge in [-0.05, 0) is 38.2 Å². The van der Waals surface area contributed by atoms with E-state index in [4.69, 9.17) is 21.7 Å². The maximum atomic E-state index is 13.1. The minimum absolute atomic E-state index is 0.00124. The number of aliphatic imine (C=N–C) groups is 1. The number of quaternary nitrogens is 1. The highest BCUT2D eigenvalue weighted by Crippen LogP contribution is 2.34. The maximum absolute atomic E-state index is 13.1. The number of carbonyl (C=O) groups excluding carboxylic acids is 2. The van der Waals surface area contributed by atoms with E-state index in [1.807, 2.05) is 0 Å². The zero-order valence-corrected chi connectivity index (χ0v) is 18.2. The zero-order chi connectivity index (χ0) is 21.4. The lowest BCUT2D eigenvalue weighted by Crippen LogP contribution is -3.11. The van der Waals surface area contributed by atoms with Crippen molar-refractivity contribution < 1.29 is 24.0 Å². The molecule has 0 aromatic heterocycles. The van der Waals surface area contributed by atoms with Gasteiger partial charge < -0.3 is 19.7 Å². The molecule has 158 valence electrons. The highest BCUT2D eigenvalue weighted by molar-refractivity contribution is 7.80. The number of nitrogens with zero attached hydrogens (tertiary/aromatic N) is 2. The summed E-state index contributed by atoms with van der Waals surface area (Å²) in [4.78, 5) is 32.5. The third kappa shape index (κ3) is 5.51. The molecule has 1 aromatic rings. The molecule has 0 aliphatic carbocycles. The second-order valence-corrected chi connectivity index (χ2v) is 6.99. The van der Waals surface area contributed by atoms with Crippen molar-refractivity contribution in [2.45, 2.75) is 20.3 Å². The van der Waals surface area contributed by atoms with Crippen molar-refractivity contribution in [1.82, 2.24) is 5.32 Å². The Hall–Kier alpha value is -2.52. The number of amides is 2. The number of carbonyl (C=O) groups is 2. The molecule has 1 unspecified atom stereocenters. The standard InChI is InChI=1S/C20H28N4O4S/c1-5-23(6-2)11-7-10-21-13-15-18(25)22-20(29)24(19(15)26)16-12-14(27-3)8-9-17(16)28-4/h8-9,12-13,15H,5-7,10-11H2,1-4H3,(H,22,25,29)/p+1. The Morgan fingerprint density at radius 2 is 1.97 bits per heavy atom. The van der Waals surface area contributed by atoms with Crippen LogP contribution in [0.5, 0.6) is 11.5 Å². The average Bonchev–Trinajstić information content (AvgIpc) is 2.72. The van der Waals surface area contributed by atoms with Gasteiger partial charge in [0.05, 0.1) is 39.5 Å². The second-order valence-electron chi connectivity index (χ2n) is 6.60. The van der Waals surface area contributed by atoms with Crippen LogP contribution in [0.2, 0.25) is 0 Å². The summed E-state index contributed by atoms with van der Waals surface area (Å²) in [5.74, 6) is -1.01. The van der Waals surface area contributed by atoms with Crippen LogP contribution in [0.25, 0.3) is 0 Å². The van der Waals surface area contributed by atoms with E-state index in [2.05, 4.69) is 24.2 Å². The van der Waals surface area contributed by atoms with Crippen LogP contribution in [0.3, 0.4) is 0 Å². The van der Waals surface area contributed by atoms with Crippen LogP contribution in [0.15, 0.2) is 23.2 Å². The molecule has 8 nitrogen and oxygen atoms in total. The number of nitrogens with one attached hydrogen (secondary N) is 2. The van der Waals surface area contributed by atoms with E-state index in [0.717, 1.165) is 26.1 Å². The van der Waals surface area contributed by atoms with Gasteiger partial charge in [0, 0.05) is 25.2 Å². The Labute approximate surface area is 176 Å². The molecule has 9 heteroatoms. The van der Waals surface area contributed by atoms with Gasteiger partial charge in [0.2, 0.25) is 5.91 Å². The fourth-order valence-corrected chi connectivity index (χ4v) is 3.41. The number of ether oxygens (including phenoxy) is 2. The Morgan fingerprint density at radius 1 is 1.24 bits per heavy atom. The summed E-state index contributed by atoms with van der Waals surface area (Å²) in [5, 5.41) is 2.58. The molecule has 1 aromatic carbocycles. The van der Waals surface area contributed by atoms with Crippen molar-refractivity contribution in [2.75, 3.05) is 45.3 Å². The monoisotopic (exact) mass is 421 g/mol. The minimum Gasteiger partial charge on any atom is -0.497 e. The van der Waals surface area contributed by atoms with Crippen molar-refractivity contribution in [3.05, 3.63) is 18.2 Å². The number of thiocarbonyl (C=S) groups is 1. The average molecular weight is 422 g/mol. The van der Waals surface area contributed by atoms with E-state index in [9.17, 15) is 9.59 Å². The van der Waals surface area contributed by atoms with Gasteiger partial charge in [0.1, 0.15) is 11.5 Å². The van der Waals surface area contributed by atoms with E-state index in [1.165, 1.54) is 30.2 Å². The quantitative estimate of drug-likeness (QED) is 0.248. The summed E-state index contributed by atoms with van der Waals surface area (Å²) >= 11 is 5.24. The van der Waals surface area contributed by atoms with Crippen LogP contribution in [-0.2, 0) is 9.59 Å². The van der Waals surface area contributed by atoms with Crippen LogP contribution in [0, 0.1) is 5.92 Å². The number of hydrogen-bond donors (Lipinski definition) is 2. The summed E-state index contributed by atoms with van der Waals surface area (Å²) in [7, 11) is 3.03. The fourth-order valence-electron chi connectivity index (χ4n) is 3.13. The first-order chi connectivity index (χ1) is 14.0. The van der Waals surface area contributed by atoms with E-state index in [1.54, 1.807) is 18.2 Å². The normalized spacial score (nSPS) is 17.2. The molecule has 1 saturated heterocycles. The maximum Gasteiger partial charge on any atom is 0.251 e. The fraction of sp³-hybridized carbons (Fsp3) is 0.500. The first-order valence-electron chi connectivity index (χ1n) is 9.71. The Kier molecular flexibility index (Phi) is 8.53. The molecule has 1 fully saturated rings. The van der Waals surface area contributed by atoms with E-state index in [0.29, 0.717) is 23.7 Å². The van der Waals surface area contributed by atoms with Crippen molar-refractivity contribution in [2.24, 2.45) is 10.9 Å². The predicted molar refractivity (Wildman–Crippen MR) is 116 cm³/mol. The Bertz CT molecular complexity index is 780. The lowest BCUT2D eigenvalue weighted by atomic mass is 10.1. The van der Waals surface area contributed by atoms with Crippen molar-refractivity contribution in [3.8, 4) is 11.5 Å². The second kappa shape index (κ2) is 10.9.